The Morgan fingerprint density at radius 2 is 2.00 bits per heavy atom. The lowest BCUT2D eigenvalue weighted by Gasteiger charge is -2.41. The van der Waals surface area contributed by atoms with E-state index in [0.29, 0.717) is 12.2 Å². The highest BCUT2D eigenvalue weighted by Gasteiger charge is 2.43. The Morgan fingerprint density at radius 1 is 1.30 bits per heavy atom. The molecular formula is C20H26BrNO. The van der Waals surface area contributed by atoms with Gasteiger partial charge in [0.1, 0.15) is 5.78 Å². The number of hydrogen-bond acceptors (Lipinski definition) is 1. The lowest BCUT2D eigenvalue weighted by Crippen LogP contribution is -2.40. The molecule has 1 aliphatic carbocycles. The second-order valence-corrected chi connectivity index (χ2v) is 9.26. The molecule has 0 bridgehead atoms. The number of carbonyl (C=O) groups is 1. The van der Waals surface area contributed by atoms with Gasteiger partial charge in [0.05, 0.1) is 0 Å². The van der Waals surface area contributed by atoms with Crippen LogP contribution in [0.1, 0.15) is 52.5 Å². The van der Waals surface area contributed by atoms with Gasteiger partial charge in [-0.05, 0) is 36.0 Å². The molecule has 0 N–H and O–H groups in total. The van der Waals surface area contributed by atoms with Crippen LogP contribution in [-0.4, -0.2) is 10.4 Å². The summed E-state index contributed by atoms with van der Waals surface area (Å²) in [4.78, 5) is 12.8. The third-order valence-corrected chi connectivity index (χ3v) is 6.34. The molecule has 3 heteroatoms. The van der Waals surface area contributed by atoms with Gasteiger partial charge in [-0.1, -0.05) is 49.7 Å². The zero-order valence-electron chi connectivity index (χ0n) is 14.7. The molecule has 0 unspecified atom stereocenters. The first kappa shape index (κ1) is 16.8. The molecule has 1 aliphatic rings. The topological polar surface area (TPSA) is 22.0 Å². The molecule has 0 aliphatic heterocycles. The van der Waals surface area contributed by atoms with Gasteiger partial charge in [-0.15, -0.1) is 0 Å². The number of carbonyl (C=O) groups excluding carboxylic acids is 1. The minimum Gasteiger partial charge on any atom is -0.350 e. The summed E-state index contributed by atoms with van der Waals surface area (Å²) in [6.45, 7) is 8.90. The van der Waals surface area contributed by atoms with Crippen LogP contribution in [0.3, 0.4) is 0 Å². The molecule has 1 fully saturated rings. The van der Waals surface area contributed by atoms with Crippen molar-refractivity contribution in [1.29, 1.82) is 0 Å². The summed E-state index contributed by atoms with van der Waals surface area (Å²) in [5.74, 6) is 0.531. The molecule has 1 heterocycles. The zero-order valence-corrected chi connectivity index (χ0v) is 16.3. The Hall–Kier alpha value is -1.09. The van der Waals surface area contributed by atoms with E-state index in [0.717, 1.165) is 17.3 Å². The van der Waals surface area contributed by atoms with E-state index in [4.69, 9.17) is 0 Å². The van der Waals surface area contributed by atoms with Gasteiger partial charge in [-0.2, -0.15) is 0 Å². The molecule has 0 radical (unpaired) electrons. The maximum atomic E-state index is 12.8. The van der Waals surface area contributed by atoms with E-state index in [1.54, 1.807) is 0 Å². The molecule has 0 spiro atoms. The average Bonchev–Trinajstić information content (AvgIpc) is 2.77. The van der Waals surface area contributed by atoms with Crippen LogP contribution in [0.2, 0.25) is 0 Å². The molecule has 1 aromatic heterocycles. The van der Waals surface area contributed by atoms with Crippen molar-refractivity contribution in [2.45, 2.75) is 52.4 Å². The Morgan fingerprint density at radius 3 is 2.65 bits per heavy atom. The minimum atomic E-state index is -0.156. The molecule has 1 atom stereocenters. The highest BCUT2D eigenvalue weighted by atomic mass is 79.9. The van der Waals surface area contributed by atoms with Crippen molar-refractivity contribution in [1.82, 2.24) is 4.57 Å². The fourth-order valence-electron chi connectivity index (χ4n) is 4.22. The Kier molecular flexibility index (Phi) is 3.99. The fraction of sp³-hybridized carbons (Fsp3) is 0.550. The molecule has 0 amide bonds. The fourth-order valence-corrected chi connectivity index (χ4v) is 4.79. The SMILES string of the molecule is Cn1cc(C(C)(C)[C@H]2CCC(C)(C)CC2=O)c2c(Br)cccc21. The quantitative estimate of drug-likeness (QED) is 0.667. The van der Waals surface area contributed by atoms with Crippen molar-refractivity contribution in [2.24, 2.45) is 18.4 Å². The van der Waals surface area contributed by atoms with Crippen molar-refractivity contribution in [3.8, 4) is 0 Å². The average molecular weight is 376 g/mol. The maximum Gasteiger partial charge on any atom is 0.137 e. The first-order valence-corrected chi connectivity index (χ1v) is 9.19. The molecular weight excluding hydrogens is 350 g/mol. The van der Waals surface area contributed by atoms with Crippen molar-refractivity contribution in [3.05, 3.63) is 34.4 Å². The van der Waals surface area contributed by atoms with E-state index in [1.165, 1.54) is 16.5 Å². The molecule has 3 rings (SSSR count). The van der Waals surface area contributed by atoms with Gasteiger partial charge in [-0.25, -0.2) is 0 Å². The number of rotatable bonds is 2. The molecule has 23 heavy (non-hydrogen) atoms. The standard InChI is InChI=1S/C20H26BrNO/c1-19(2)10-9-13(17(23)11-19)20(3,4)14-12-22(5)16-8-6-7-15(21)18(14)16/h6-8,12-13H,9-11H2,1-5H3/t13-/m0/s1. The lowest BCUT2D eigenvalue weighted by atomic mass is 9.62. The number of aromatic nitrogens is 1. The Bertz CT molecular complexity index is 769. The van der Waals surface area contributed by atoms with Crippen molar-refractivity contribution in [2.75, 3.05) is 0 Å². The largest absolute Gasteiger partial charge is 0.350 e. The van der Waals surface area contributed by atoms with Gasteiger partial charge in [0, 0.05) is 46.4 Å². The molecule has 1 saturated carbocycles. The van der Waals surface area contributed by atoms with Crippen LogP contribution < -0.4 is 0 Å². The summed E-state index contributed by atoms with van der Waals surface area (Å²) in [7, 11) is 2.08. The second-order valence-electron chi connectivity index (χ2n) is 8.41. The first-order chi connectivity index (χ1) is 10.6. The number of Topliss-reactive ketones (excluding diaryl/α,β-unsaturated/α-hetero) is 1. The third kappa shape index (κ3) is 2.77. The van der Waals surface area contributed by atoms with Gasteiger partial charge < -0.3 is 4.57 Å². The van der Waals surface area contributed by atoms with E-state index < -0.39 is 0 Å². The predicted octanol–water partition coefficient (Wildman–Crippen LogP) is 5.61. The highest BCUT2D eigenvalue weighted by molar-refractivity contribution is 9.10. The normalized spacial score (nSPS) is 21.8. The minimum absolute atomic E-state index is 0.105. The third-order valence-electron chi connectivity index (χ3n) is 5.68. The number of hydrogen-bond donors (Lipinski definition) is 0. The summed E-state index contributed by atoms with van der Waals surface area (Å²) in [5.41, 5.74) is 2.49. The lowest BCUT2D eigenvalue weighted by molar-refractivity contribution is -0.130. The first-order valence-electron chi connectivity index (χ1n) is 8.40. The van der Waals surface area contributed by atoms with E-state index in [-0.39, 0.29) is 16.7 Å². The monoisotopic (exact) mass is 375 g/mol. The van der Waals surface area contributed by atoms with Crippen molar-refractivity contribution >= 4 is 32.6 Å². The number of ketones is 1. The van der Waals surface area contributed by atoms with E-state index in [9.17, 15) is 4.79 Å². The summed E-state index contributed by atoms with van der Waals surface area (Å²) >= 11 is 3.71. The molecule has 1 aromatic carbocycles. The summed E-state index contributed by atoms with van der Waals surface area (Å²) in [6, 6.07) is 6.30. The molecule has 0 saturated heterocycles. The van der Waals surface area contributed by atoms with Crippen molar-refractivity contribution in [3.63, 3.8) is 0 Å². The molecule has 2 aromatic rings. The summed E-state index contributed by atoms with van der Waals surface area (Å²) in [5, 5.41) is 1.25. The highest BCUT2D eigenvalue weighted by Crippen LogP contribution is 2.47. The van der Waals surface area contributed by atoms with Gasteiger partial charge >= 0.3 is 0 Å². The summed E-state index contributed by atoms with van der Waals surface area (Å²) in [6.07, 6.45) is 5.02. The van der Waals surface area contributed by atoms with Gasteiger partial charge in [0.15, 0.2) is 0 Å². The van der Waals surface area contributed by atoms with Crippen LogP contribution in [0.15, 0.2) is 28.9 Å². The number of nitrogens with zero attached hydrogens (tertiary/aromatic N) is 1. The maximum absolute atomic E-state index is 12.8. The van der Waals surface area contributed by atoms with Crippen LogP contribution >= 0.6 is 15.9 Å². The summed E-state index contributed by atoms with van der Waals surface area (Å²) < 4.78 is 3.29. The van der Waals surface area contributed by atoms with E-state index >= 15 is 0 Å². The Labute approximate surface area is 147 Å². The number of aryl methyl sites for hydroxylation is 1. The zero-order chi connectivity index (χ0) is 17.0. The van der Waals surface area contributed by atoms with Crippen LogP contribution in [-0.2, 0) is 17.3 Å². The van der Waals surface area contributed by atoms with Crippen LogP contribution in [0.25, 0.3) is 10.9 Å². The smallest absolute Gasteiger partial charge is 0.137 e. The van der Waals surface area contributed by atoms with Crippen LogP contribution in [0.5, 0.6) is 0 Å². The van der Waals surface area contributed by atoms with Crippen LogP contribution in [0.4, 0.5) is 0 Å². The predicted molar refractivity (Wildman–Crippen MR) is 99.8 cm³/mol. The van der Waals surface area contributed by atoms with Crippen molar-refractivity contribution < 1.29 is 4.79 Å². The van der Waals surface area contributed by atoms with E-state index in [1.807, 2.05) is 0 Å². The molecule has 124 valence electrons. The van der Waals surface area contributed by atoms with E-state index in [2.05, 4.69) is 79.6 Å². The van der Waals surface area contributed by atoms with Gasteiger partial charge in [0.2, 0.25) is 0 Å². The second kappa shape index (κ2) is 5.47. The Balaban J connectivity index is 2.09. The molecule has 2 nitrogen and oxygen atoms in total. The number of benzene rings is 1. The van der Waals surface area contributed by atoms with Gasteiger partial charge in [-0.3, -0.25) is 4.79 Å². The van der Waals surface area contributed by atoms with Crippen LogP contribution in [0, 0.1) is 11.3 Å². The number of halogens is 1. The van der Waals surface area contributed by atoms with Gasteiger partial charge in [0.25, 0.3) is 0 Å². The number of fused-ring (bicyclic) bond motifs is 1.